The van der Waals surface area contributed by atoms with Crippen molar-refractivity contribution in [2.45, 2.75) is 82.4 Å². The fraction of sp³-hybridized carbons (Fsp3) is 0.538. The van der Waals surface area contributed by atoms with Crippen molar-refractivity contribution in [1.29, 1.82) is 0 Å². The Bertz CT molecular complexity index is 1320. The van der Waals surface area contributed by atoms with Gasteiger partial charge in [-0.3, -0.25) is 9.36 Å². The molecule has 0 aliphatic heterocycles. The molecule has 2 aliphatic rings. The van der Waals surface area contributed by atoms with Crippen LogP contribution in [0.5, 0.6) is 0 Å². The SMILES string of the molecule is C[C@]1(O)CCC[C@@H](Nc2ncc3nc(Nc4c(Cl)cc(F)cc4Cl)n([C@H]4CC[C@@H](CC(N)=O)CC4)c3n2)C1. The van der Waals surface area contributed by atoms with Crippen LogP contribution in [0.15, 0.2) is 18.3 Å². The van der Waals surface area contributed by atoms with Gasteiger partial charge in [-0.15, -0.1) is 0 Å². The van der Waals surface area contributed by atoms with E-state index in [-0.39, 0.29) is 34.0 Å². The lowest BCUT2D eigenvalue weighted by atomic mass is 9.83. The first-order valence-electron chi connectivity index (χ1n) is 13.0. The van der Waals surface area contributed by atoms with E-state index in [1.807, 2.05) is 11.5 Å². The molecule has 0 spiro atoms. The molecule has 0 bridgehead atoms. The Labute approximate surface area is 230 Å². The highest BCUT2D eigenvalue weighted by molar-refractivity contribution is 6.39. The lowest BCUT2D eigenvalue weighted by molar-refractivity contribution is -0.119. The molecule has 38 heavy (non-hydrogen) atoms. The normalized spacial score (nSPS) is 25.9. The predicted octanol–water partition coefficient (Wildman–Crippen LogP) is 5.73. The molecule has 5 rings (SSSR count). The van der Waals surface area contributed by atoms with Crippen molar-refractivity contribution in [2.24, 2.45) is 11.7 Å². The number of rotatable bonds is 7. The first kappa shape index (κ1) is 26.9. The Morgan fingerprint density at radius 2 is 1.92 bits per heavy atom. The second kappa shape index (κ2) is 10.8. The van der Waals surface area contributed by atoms with Crippen LogP contribution in [0.3, 0.4) is 0 Å². The van der Waals surface area contributed by atoms with Gasteiger partial charge in [0.25, 0.3) is 0 Å². The maximum absolute atomic E-state index is 13.8. The molecule has 2 aromatic heterocycles. The monoisotopic (exact) mass is 563 g/mol. The van der Waals surface area contributed by atoms with Gasteiger partial charge in [0.15, 0.2) is 5.65 Å². The maximum Gasteiger partial charge on any atom is 0.224 e. The number of carbonyl (C=O) groups is 1. The molecular weight excluding hydrogens is 532 g/mol. The summed E-state index contributed by atoms with van der Waals surface area (Å²) in [5.74, 6) is 0.376. The average Bonchev–Trinajstić information content (AvgIpc) is 3.18. The summed E-state index contributed by atoms with van der Waals surface area (Å²) in [6.07, 6.45) is 8.59. The first-order valence-corrected chi connectivity index (χ1v) is 13.8. The molecule has 204 valence electrons. The number of fused-ring (bicyclic) bond motifs is 1. The Morgan fingerprint density at radius 1 is 1.21 bits per heavy atom. The highest BCUT2D eigenvalue weighted by Crippen LogP contribution is 2.40. The van der Waals surface area contributed by atoms with Gasteiger partial charge < -0.3 is 21.5 Å². The number of imidazole rings is 1. The zero-order valence-electron chi connectivity index (χ0n) is 21.2. The van der Waals surface area contributed by atoms with Crippen molar-refractivity contribution in [3.63, 3.8) is 0 Å². The molecule has 2 atom stereocenters. The predicted molar refractivity (Wildman–Crippen MR) is 146 cm³/mol. The Hall–Kier alpha value is -2.69. The van der Waals surface area contributed by atoms with E-state index in [0.29, 0.717) is 41.6 Å². The van der Waals surface area contributed by atoms with Crippen LogP contribution in [0.25, 0.3) is 11.2 Å². The van der Waals surface area contributed by atoms with Crippen molar-refractivity contribution in [2.75, 3.05) is 10.6 Å². The number of carbonyl (C=O) groups excluding carboxylic acids is 1. The molecule has 2 heterocycles. The van der Waals surface area contributed by atoms with E-state index in [0.717, 1.165) is 44.9 Å². The second-order valence-electron chi connectivity index (χ2n) is 10.9. The molecular formula is C26H32Cl2FN7O2. The van der Waals surface area contributed by atoms with Crippen LogP contribution in [0.2, 0.25) is 10.0 Å². The number of aromatic nitrogens is 4. The Morgan fingerprint density at radius 3 is 2.58 bits per heavy atom. The van der Waals surface area contributed by atoms with Crippen molar-refractivity contribution >= 4 is 57.9 Å². The molecule has 2 aliphatic carbocycles. The van der Waals surface area contributed by atoms with Crippen molar-refractivity contribution < 1.29 is 14.3 Å². The molecule has 2 fully saturated rings. The number of benzene rings is 1. The lowest BCUT2D eigenvalue weighted by Gasteiger charge is -2.34. The minimum atomic E-state index is -0.712. The van der Waals surface area contributed by atoms with Crippen molar-refractivity contribution in [3.05, 3.63) is 34.2 Å². The molecule has 0 unspecified atom stereocenters. The van der Waals surface area contributed by atoms with Gasteiger partial charge >= 0.3 is 0 Å². The van der Waals surface area contributed by atoms with Crippen LogP contribution in [0.1, 0.15) is 70.8 Å². The second-order valence-corrected chi connectivity index (χ2v) is 11.7. The van der Waals surface area contributed by atoms with Crippen LogP contribution in [-0.4, -0.2) is 42.2 Å². The maximum atomic E-state index is 13.8. The number of nitrogens with zero attached hydrogens (tertiary/aromatic N) is 4. The van der Waals surface area contributed by atoms with E-state index in [4.69, 9.17) is 38.9 Å². The smallest absolute Gasteiger partial charge is 0.224 e. The van der Waals surface area contributed by atoms with Crippen LogP contribution in [-0.2, 0) is 4.79 Å². The molecule has 12 heteroatoms. The minimum absolute atomic E-state index is 0.0442. The Balaban J connectivity index is 1.49. The quantitative estimate of drug-likeness (QED) is 0.288. The molecule has 2 saturated carbocycles. The molecule has 9 nitrogen and oxygen atoms in total. The fourth-order valence-electron chi connectivity index (χ4n) is 5.83. The highest BCUT2D eigenvalue weighted by atomic mass is 35.5. The summed E-state index contributed by atoms with van der Waals surface area (Å²) >= 11 is 12.6. The number of aliphatic hydroxyl groups is 1. The van der Waals surface area contributed by atoms with E-state index in [1.165, 1.54) is 12.1 Å². The van der Waals surface area contributed by atoms with Gasteiger partial charge in [0, 0.05) is 18.5 Å². The summed E-state index contributed by atoms with van der Waals surface area (Å²) in [7, 11) is 0. The fourth-order valence-corrected chi connectivity index (χ4v) is 6.38. The summed E-state index contributed by atoms with van der Waals surface area (Å²) < 4.78 is 15.8. The highest BCUT2D eigenvalue weighted by Gasteiger charge is 2.31. The summed E-state index contributed by atoms with van der Waals surface area (Å²) in [4.78, 5) is 25.5. The van der Waals surface area contributed by atoms with E-state index >= 15 is 0 Å². The van der Waals surface area contributed by atoms with Crippen molar-refractivity contribution in [3.8, 4) is 0 Å². The summed E-state index contributed by atoms with van der Waals surface area (Å²) in [5.41, 5.74) is 6.29. The van der Waals surface area contributed by atoms with Crippen LogP contribution in [0.4, 0.5) is 22.0 Å². The molecule has 1 amide bonds. The van der Waals surface area contributed by atoms with Gasteiger partial charge in [0.2, 0.25) is 17.8 Å². The molecule has 3 aromatic rings. The largest absolute Gasteiger partial charge is 0.390 e. The number of halogens is 3. The van der Waals surface area contributed by atoms with Gasteiger partial charge in [-0.2, -0.15) is 4.98 Å². The number of anilines is 3. The van der Waals surface area contributed by atoms with E-state index < -0.39 is 11.4 Å². The zero-order chi connectivity index (χ0) is 27.0. The first-order chi connectivity index (χ1) is 18.1. The van der Waals surface area contributed by atoms with E-state index in [2.05, 4.69) is 15.6 Å². The van der Waals surface area contributed by atoms with Crippen LogP contribution in [0, 0.1) is 11.7 Å². The minimum Gasteiger partial charge on any atom is -0.390 e. The summed E-state index contributed by atoms with van der Waals surface area (Å²) in [6, 6.07) is 2.49. The zero-order valence-corrected chi connectivity index (χ0v) is 22.7. The number of hydrogen-bond donors (Lipinski definition) is 4. The van der Waals surface area contributed by atoms with Crippen LogP contribution < -0.4 is 16.4 Å². The topological polar surface area (TPSA) is 131 Å². The number of nitrogens with one attached hydrogen (secondary N) is 2. The van der Waals surface area contributed by atoms with E-state index in [1.54, 1.807) is 6.20 Å². The molecule has 0 radical (unpaired) electrons. The van der Waals surface area contributed by atoms with Gasteiger partial charge in [-0.25, -0.2) is 14.4 Å². The molecule has 1 aromatic carbocycles. The van der Waals surface area contributed by atoms with Gasteiger partial charge in [0.05, 0.1) is 27.5 Å². The summed E-state index contributed by atoms with van der Waals surface area (Å²) in [6.45, 7) is 1.86. The van der Waals surface area contributed by atoms with Crippen LogP contribution >= 0.6 is 23.2 Å². The van der Waals surface area contributed by atoms with Crippen molar-refractivity contribution in [1.82, 2.24) is 19.5 Å². The number of hydrogen-bond acceptors (Lipinski definition) is 7. The average molecular weight is 564 g/mol. The molecule has 5 N–H and O–H groups in total. The molecule has 0 saturated heterocycles. The van der Waals surface area contributed by atoms with Gasteiger partial charge in [-0.1, -0.05) is 23.2 Å². The standard InChI is InChI=1S/C26H32Cl2FN7O2/c1-26(38)8-2-3-16(12-26)32-24-31-13-20-23(35-24)36(17-6-4-14(5-7-17)9-21(30)37)25(33-20)34-22-18(27)10-15(29)11-19(22)28/h10-11,13-14,16-17,38H,2-9,12H2,1H3,(H2,30,37)(H,33,34)(H,31,32,35)/t14-,16-,17+,26+/m1/s1. The van der Waals surface area contributed by atoms with Gasteiger partial charge in [-0.05, 0) is 76.3 Å². The third-order valence-corrected chi connectivity index (χ3v) is 8.23. The number of primary amides is 1. The number of nitrogens with two attached hydrogens (primary N) is 1. The van der Waals surface area contributed by atoms with E-state index in [9.17, 15) is 14.3 Å². The number of amides is 1. The summed E-state index contributed by atoms with van der Waals surface area (Å²) in [5, 5.41) is 17.4. The van der Waals surface area contributed by atoms with Gasteiger partial charge in [0.1, 0.15) is 11.3 Å². The Kier molecular flexibility index (Phi) is 7.66. The lowest BCUT2D eigenvalue weighted by Crippen LogP contribution is -2.38. The third kappa shape index (κ3) is 5.97. The third-order valence-electron chi connectivity index (χ3n) is 7.64.